The molecule has 5 unspecified atom stereocenters. The number of piperazine rings is 1. The standard InChI is InChI=1S/C57H79N11O17S/c1-8-32(4)46(60-30-70)53(78)64(6)39(31(2)3)27-42(81-33(5)71)51-62-38(29-86-51)52(77)65(7)40-25-34-13-15-35(16-14-34)82-56-48-41(26-36(28-69)83-56)84-55(85-48)47(63-49(75)37(61-50(40)76)11-9-19-59-57(58)80)54(79)67-23-21-66(22-24-67)43(72)12-10-20-68-44(73)17-18-45(68)74/h13-18,29-32,36-37,39-42,46-48,55-56,69H,8-12,19-28H2,1-7H3,(H,60,70)(H,61,76)(H,63,75)(H3,58,59,80)/t32-,36?,37-,39+,40-,41?,42+,46-,47+,48?,55?,56?/m0/s1. The summed E-state index contributed by atoms with van der Waals surface area (Å²) in [7, 11) is 3.00. The summed E-state index contributed by atoms with van der Waals surface area (Å²) in [5.74, 6) is -5.32. The fourth-order valence-corrected chi connectivity index (χ4v) is 11.9. The lowest BCUT2D eigenvalue weighted by Crippen LogP contribution is -2.62. The zero-order valence-electron chi connectivity index (χ0n) is 49.4. The lowest BCUT2D eigenvalue weighted by Gasteiger charge is -2.37. The maximum atomic E-state index is 15.0. The quantitative estimate of drug-likeness (QED) is 0.0365. The second-order valence-corrected chi connectivity index (χ2v) is 23.2. The van der Waals surface area contributed by atoms with Gasteiger partial charge in [0.2, 0.25) is 36.3 Å². The van der Waals surface area contributed by atoms with Gasteiger partial charge in [-0.2, -0.15) is 0 Å². The van der Waals surface area contributed by atoms with E-state index >= 15 is 4.79 Å². The number of rotatable bonds is 23. The molecular weight excluding hydrogens is 1140 g/mol. The highest BCUT2D eigenvalue weighted by Gasteiger charge is 2.53. The molecule has 7 N–H and O–H groups in total. The van der Waals surface area contributed by atoms with Crippen molar-refractivity contribution in [3.8, 4) is 5.75 Å². The number of aliphatic hydroxyl groups is 1. The Morgan fingerprint density at radius 3 is 2.24 bits per heavy atom. The van der Waals surface area contributed by atoms with E-state index in [0.29, 0.717) is 18.4 Å². The van der Waals surface area contributed by atoms with Crippen molar-refractivity contribution < 1.29 is 81.5 Å². The topological polar surface area (TPSA) is 357 Å². The molecule has 86 heavy (non-hydrogen) atoms. The van der Waals surface area contributed by atoms with Gasteiger partial charge in [-0.05, 0) is 48.8 Å². The summed E-state index contributed by atoms with van der Waals surface area (Å²) in [6.07, 6.45) is -2.60. The molecule has 0 radical (unpaired) electrons. The first-order chi connectivity index (χ1) is 41.0. The van der Waals surface area contributed by atoms with Crippen molar-refractivity contribution in [2.24, 2.45) is 17.6 Å². The number of amides is 11. The average Bonchev–Trinajstić information content (AvgIpc) is 1.85. The molecule has 0 aliphatic carbocycles. The Morgan fingerprint density at radius 1 is 0.930 bits per heavy atom. The van der Waals surface area contributed by atoms with Gasteiger partial charge in [0.15, 0.2) is 18.4 Å². The number of fused-ring (bicyclic) bond motifs is 9. The summed E-state index contributed by atoms with van der Waals surface area (Å²) < 4.78 is 31.2. The Kier molecular flexibility index (Phi) is 23.1. The van der Waals surface area contributed by atoms with Crippen LogP contribution in [0.5, 0.6) is 5.75 Å². The van der Waals surface area contributed by atoms with Crippen LogP contribution in [0.15, 0.2) is 41.8 Å². The van der Waals surface area contributed by atoms with Crippen molar-refractivity contribution in [1.82, 2.24) is 50.8 Å². The Hall–Kier alpha value is -7.60. The molecule has 2 aromatic rings. The molecule has 12 atom stereocenters. The SMILES string of the molecule is CC[C@H](C)[C@H](NC=O)C(=O)N(C)[C@H](C[C@@H](OC(C)=O)c1nc(C(=O)N(C)[C@H]2Cc3ccc(cc3)OC3OC(CO)CC4OC(OC43)[C@@H](C(=O)N3CCN(C(=O)CCCN4C(=O)C=CC4=O)CC3)NC(=O)[C@H](CCCNC(N)=O)NC2=O)cs1)C(C)C. The van der Waals surface area contributed by atoms with Crippen LogP contribution in [0, 0.1) is 11.8 Å². The minimum Gasteiger partial charge on any atom is -0.462 e. The van der Waals surface area contributed by atoms with Crippen LogP contribution >= 0.6 is 11.3 Å². The van der Waals surface area contributed by atoms with Crippen molar-refractivity contribution in [3.63, 3.8) is 0 Å². The van der Waals surface area contributed by atoms with Gasteiger partial charge in [-0.3, -0.25) is 52.8 Å². The summed E-state index contributed by atoms with van der Waals surface area (Å²) >= 11 is 1.03. The molecule has 29 heteroatoms. The van der Waals surface area contributed by atoms with Crippen molar-refractivity contribution >= 4 is 77.0 Å². The molecule has 6 aliphatic rings. The van der Waals surface area contributed by atoms with E-state index < -0.39 is 121 Å². The third-order valence-electron chi connectivity index (χ3n) is 16.1. The first kappa shape index (κ1) is 65.9. The van der Waals surface area contributed by atoms with Gasteiger partial charge < -0.3 is 75.4 Å². The highest BCUT2D eigenvalue weighted by atomic mass is 32.1. The molecule has 3 fully saturated rings. The Morgan fingerprint density at radius 2 is 1.62 bits per heavy atom. The van der Waals surface area contributed by atoms with Crippen molar-refractivity contribution in [1.29, 1.82) is 0 Å². The minimum atomic E-state index is -1.60. The lowest BCUT2D eigenvalue weighted by molar-refractivity contribution is -0.218. The fourth-order valence-electron chi connectivity index (χ4n) is 11.0. The number of imide groups is 1. The molecule has 8 rings (SSSR count). The number of benzene rings is 1. The fraction of sp³-hybridized carbons (Fsp3) is 0.614. The van der Waals surface area contributed by atoms with Gasteiger partial charge in [0.1, 0.15) is 40.7 Å². The smallest absolute Gasteiger partial charge is 0.312 e. The molecule has 470 valence electrons. The van der Waals surface area contributed by atoms with Crippen LogP contribution in [0.3, 0.4) is 0 Å². The predicted molar refractivity (Wildman–Crippen MR) is 305 cm³/mol. The largest absolute Gasteiger partial charge is 0.462 e. The summed E-state index contributed by atoms with van der Waals surface area (Å²) in [5, 5.41) is 22.7. The Balaban J connectivity index is 1.16. The number of aliphatic hydroxyl groups excluding tert-OH is 1. The van der Waals surface area contributed by atoms with Crippen LogP contribution in [-0.4, -0.2) is 221 Å². The van der Waals surface area contributed by atoms with E-state index in [2.05, 4.69) is 26.3 Å². The van der Waals surface area contributed by atoms with Crippen LogP contribution in [0.2, 0.25) is 0 Å². The monoisotopic (exact) mass is 1220 g/mol. The van der Waals surface area contributed by atoms with Gasteiger partial charge >= 0.3 is 12.0 Å². The van der Waals surface area contributed by atoms with E-state index in [1.165, 1.54) is 41.3 Å². The maximum absolute atomic E-state index is 15.0. The number of esters is 1. The zero-order valence-corrected chi connectivity index (χ0v) is 50.2. The normalized spacial score (nSPS) is 24.6. The van der Waals surface area contributed by atoms with Crippen LogP contribution in [0.4, 0.5) is 4.79 Å². The van der Waals surface area contributed by atoms with E-state index in [4.69, 9.17) is 29.4 Å². The summed E-state index contributed by atoms with van der Waals surface area (Å²) in [6.45, 7) is 8.62. The number of thiazole rings is 1. The number of primary amides is 1. The lowest BCUT2D eigenvalue weighted by atomic mass is 9.93. The first-order valence-electron chi connectivity index (χ1n) is 28.9. The zero-order chi connectivity index (χ0) is 62.5. The van der Waals surface area contributed by atoms with Gasteiger partial charge in [0.25, 0.3) is 23.6 Å². The number of hydrogen-bond donors (Lipinski definition) is 6. The third kappa shape index (κ3) is 16.5. The minimum absolute atomic E-state index is 0.0176. The number of nitrogens with one attached hydrogen (secondary N) is 4. The van der Waals surface area contributed by atoms with Gasteiger partial charge in [-0.25, -0.2) is 9.78 Å². The van der Waals surface area contributed by atoms with E-state index in [9.17, 15) is 53.1 Å². The second-order valence-electron chi connectivity index (χ2n) is 22.4. The van der Waals surface area contributed by atoms with Gasteiger partial charge in [0.05, 0.1) is 18.8 Å². The van der Waals surface area contributed by atoms with Crippen LogP contribution in [0.25, 0.3) is 0 Å². The molecule has 0 saturated carbocycles. The number of nitrogens with zero attached hydrogens (tertiary/aromatic N) is 6. The van der Waals surface area contributed by atoms with Crippen molar-refractivity contribution in [2.45, 2.75) is 153 Å². The van der Waals surface area contributed by atoms with E-state index in [1.807, 2.05) is 27.7 Å². The molecule has 28 nitrogen and oxygen atoms in total. The number of hydrogen-bond acceptors (Lipinski definition) is 19. The van der Waals surface area contributed by atoms with Crippen molar-refractivity contribution in [3.05, 3.63) is 58.1 Å². The first-order valence-corrected chi connectivity index (χ1v) is 29.8. The van der Waals surface area contributed by atoms with E-state index in [0.717, 1.165) is 21.1 Å². The van der Waals surface area contributed by atoms with Crippen molar-refractivity contribution in [2.75, 3.05) is 60.0 Å². The molecular formula is C57H79N11O17S. The third-order valence-corrected chi connectivity index (χ3v) is 17.1. The second kappa shape index (κ2) is 30.2. The summed E-state index contributed by atoms with van der Waals surface area (Å²) in [4.78, 5) is 158. The van der Waals surface area contributed by atoms with E-state index in [1.54, 1.807) is 36.2 Å². The number of carbonyl (C=O) groups excluding carboxylic acids is 11. The Bertz CT molecular complexity index is 2810. The Labute approximate surface area is 502 Å². The highest BCUT2D eigenvalue weighted by molar-refractivity contribution is 7.09. The molecule has 1 aromatic carbocycles. The number of likely N-dealkylation sites (N-methyl/N-ethyl adjacent to an activating group) is 2. The number of aromatic nitrogens is 1. The molecule has 0 spiro atoms. The van der Waals surface area contributed by atoms with E-state index in [-0.39, 0.29) is 124 Å². The number of carbonyl (C=O) groups is 11. The molecule has 7 heterocycles. The molecule has 11 amide bonds. The van der Waals surface area contributed by atoms with Gasteiger partial charge in [-0.15, -0.1) is 11.3 Å². The molecule has 1 aromatic heterocycles. The number of ether oxygens (including phenoxy) is 5. The maximum Gasteiger partial charge on any atom is 0.312 e. The van der Waals surface area contributed by atoms with Crippen LogP contribution in [0.1, 0.15) is 107 Å². The molecule has 3 saturated heterocycles. The van der Waals surface area contributed by atoms with Gasteiger partial charge in [0, 0.05) is 110 Å². The molecule has 6 aliphatic heterocycles. The predicted octanol–water partition coefficient (Wildman–Crippen LogP) is -0.132. The average molecular weight is 1220 g/mol. The highest BCUT2D eigenvalue weighted by Crippen LogP contribution is 2.36. The number of urea groups is 1. The summed E-state index contributed by atoms with van der Waals surface area (Å²) in [6, 6.07) is -0.0373. The van der Waals surface area contributed by atoms with Crippen LogP contribution < -0.4 is 31.7 Å². The van der Waals surface area contributed by atoms with Gasteiger partial charge in [-0.1, -0.05) is 46.2 Å². The summed E-state index contributed by atoms with van der Waals surface area (Å²) in [5.41, 5.74) is 5.78. The van der Waals surface area contributed by atoms with Crippen LogP contribution in [-0.2, 0) is 68.5 Å². The number of nitrogens with two attached hydrogens (primary N) is 1. The molecule has 4 bridgehead atoms.